The number of aromatic nitrogens is 5. The van der Waals surface area contributed by atoms with E-state index in [1.54, 1.807) is 53.3 Å². The summed E-state index contributed by atoms with van der Waals surface area (Å²) in [5.74, 6) is 0.504. The summed E-state index contributed by atoms with van der Waals surface area (Å²) >= 11 is 0. The fourth-order valence-electron chi connectivity index (χ4n) is 2.63. The predicted octanol–water partition coefficient (Wildman–Crippen LogP) is 1.66. The maximum atomic E-state index is 12.8. The van der Waals surface area contributed by atoms with Crippen LogP contribution in [0.4, 0.5) is 0 Å². The van der Waals surface area contributed by atoms with Crippen molar-refractivity contribution in [3.8, 4) is 11.1 Å². The molecule has 1 aromatic carbocycles. The van der Waals surface area contributed by atoms with E-state index in [0.29, 0.717) is 22.6 Å². The number of sulfonamides is 1. The summed E-state index contributed by atoms with van der Waals surface area (Å²) in [5, 5.41) is 8.06. The van der Waals surface area contributed by atoms with Crippen LogP contribution in [-0.2, 0) is 16.6 Å². The van der Waals surface area contributed by atoms with Gasteiger partial charge in [-0.1, -0.05) is 24.3 Å². The van der Waals surface area contributed by atoms with E-state index in [1.165, 1.54) is 6.33 Å². The zero-order valence-electron chi connectivity index (χ0n) is 13.5. The molecule has 0 saturated carbocycles. The van der Waals surface area contributed by atoms with Crippen molar-refractivity contribution >= 4 is 15.7 Å². The molecule has 26 heavy (non-hydrogen) atoms. The molecule has 3 heterocycles. The van der Waals surface area contributed by atoms with Crippen LogP contribution in [0.25, 0.3) is 16.8 Å². The molecular weight excluding hydrogens is 352 g/mol. The Bertz CT molecular complexity index is 1160. The topological polar surface area (TPSA) is 102 Å². The Morgan fingerprint density at radius 2 is 1.73 bits per heavy atom. The van der Waals surface area contributed by atoms with E-state index in [-0.39, 0.29) is 11.4 Å². The van der Waals surface area contributed by atoms with Crippen molar-refractivity contribution in [1.29, 1.82) is 0 Å². The minimum Gasteiger partial charge on any atom is -0.285 e. The van der Waals surface area contributed by atoms with Crippen LogP contribution in [0.15, 0.2) is 72.3 Å². The van der Waals surface area contributed by atoms with Crippen LogP contribution in [0.3, 0.4) is 0 Å². The molecule has 0 aliphatic rings. The number of hydrogen-bond acceptors (Lipinski definition) is 6. The van der Waals surface area contributed by atoms with Gasteiger partial charge in [0.2, 0.25) is 10.0 Å². The van der Waals surface area contributed by atoms with E-state index >= 15 is 0 Å². The summed E-state index contributed by atoms with van der Waals surface area (Å²) in [7, 11) is -3.77. The lowest BCUT2D eigenvalue weighted by atomic mass is 10.1. The van der Waals surface area contributed by atoms with Gasteiger partial charge in [0.1, 0.15) is 6.33 Å². The van der Waals surface area contributed by atoms with Crippen LogP contribution in [0.2, 0.25) is 0 Å². The number of nitrogens with one attached hydrogen (secondary N) is 1. The van der Waals surface area contributed by atoms with Gasteiger partial charge in [-0.3, -0.25) is 4.40 Å². The molecule has 0 aliphatic heterocycles. The highest BCUT2D eigenvalue weighted by Crippen LogP contribution is 2.26. The third-order valence-corrected chi connectivity index (χ3v) is 5.31. The number of fused-ring (bicyclic) bond motifs is 1. The van der Waals surface area contributed by atoms with Gasteiger partial charge in [0.25, 0.3) is 0 Å². The molecule has 0 bridgehead atoms. The van der Waals surface area contributed by atoms with Gasteiger partial charge in [0.15, 0.2) is 11.5 Å². The Labute approximate surface area is 149 Å². The van der Waals surface area contributed by atoms with Gasteiger partial charge in [-0.15, -0.1) is 10.2 Å². The Balaban J connectivity index is 1.66. The fraction of sp³-hybridized carbons (Fsp3) is 0.0588. The standard InChI is InChI=1S/C17H14N6O2S/c24-26(25,20-11-17-22-21-16-7-3-4-8-23(16)17)15-6-2-1-5-14(15)13-9-18-12-19-10-13/h1-10,12,20H,11H2. The second-order valence-electron chi connectivity index (χ2n) is 5.49. The van der Waals surface area contributed by atoms with Gasteiger partial charge in [-0.05, 0) is 18.2 Å². The molecule has 0 fully saturated rings. The van der Waals surface area contributed by atoms with Crippen molar-refractivity contribution in [2.45, 2.75) is 11.4 Å². The zero-order chi connectivity index (χ0) is 18.0. The second kappa shape index (κ2) is 6.62. The molecule has 4 rings (SSSR count). The van der Waals surface area contributed by atoms with E-state index in [1.807, 2.05) is 12.1 Å². The Kier molecular flexibility index (Phi) is 4.15. The summed E-state index contributed by atoms with van der Waals surface area (Å²) in [5.41, 5.74) is 1.82. The van der Waals surface area contributed by atoms with E-state index in [9.17, 15) is 8.42 Å². The van der Waals surface area contributed by atoms with Gasteiger partial charge in [0.05, 0.1) is 11.4 Å². The second-order valence-corrected chi connectivity index (χ2v) is 7.23. The molecule has 0 amide bonds. The molecule has 4 aromatic rings. The Morgan fingerprint density at radius 1 is 0.962 bits per heavy atom. The van der Waals surface area contributed by atoms with Crippen LogP contribution in [0.1, 0.15) is 5.82 Å². The molecule has 0 radical (unpaired) electrons. The summed E-state index contributed by atoms with van der Waals surface area (Å²) in [4.78, 5) is 8.07. The van der Waals surface area contributed by atoms with E-state index in [0.717, 1.165) is 0 Å². The fourth-order valence-corrected chi connectivity index (χ4v) is 3.83. The number of hydrogen-bond donors (Lipinski definition) is 1. The molecule has 0 saturated heterocycles. The number of nitrogens with zero attached hydrogens (tertiary/aromatic N) is 5. The molecule has 0 aliphatic carbocycles. The van der Waals surface area contributed by atoms with Crippen molar-refractivity contribution < 1.29 is 8.42 Å². The molecule has 9 heteroatoms. The number of pyridine rings is 1. The van der Waals surface area contributed by atoms with Gasteiger partial charge >= 0.3 is 0 Å². The molecule has 0 spiro atoms. The number of benzene rings is 1. The third-order valence-electron chi connectivity index (χ3n) is 3.85. The van der Waals surface area contributed by atoms with Crippen LogP contribution in [0, 0.1) is 0 Å². The molecule has 130 valence electrons. The lowest BCUT2D eigenvalue weighted by molar-refractivity contribution is 0.579. The predicted molar refractivity (Wildman–Crippen MR) is 94.5 cm³/mol. The minimum absolute atomic E-state index is 0.0210. The Hall–Kier alpha value is -3.17. The molecule has 3 aromatic heterocycles. The average molecular weight is 366 g/mol. The summed E-state index contributed by atoms with van der Waals surface area (Å²) in [6, 6.07) is 12.2. The lowest BCUT2D eigenvalue weighted by Crippen LogP contribution is -2.25. The van der Waals surface area contributed by atoms with E-state index in [2.05, 4.69) is 24.9 Å². The van der Waals surface area contributed by atoms with Gasteiger partial charge < -0.3 is 0 Å². The highest BCUT2D eigenvalue weighted by Gasteiger charge is 2.20. The van der Waals surface area contributed by atoms with Crippen LogP contribution in [-0.4, -0.2) is 33.0 Å². The average Bonchev–Trinajstić information content (AvgIpc) is 3.10. The van der Waals surface area contributed by atoms with Crippen molar-refractivity contribution in [2.75, 3.05) is 0 Å². The van der Waals surface area contributed by atoms with Crippen molar-refractivity contribution in [3.05, 3.63) is 73.2 Å². The summed E-state index contributed by atoms with van der Waals surface area (Å²) < 4.78 is 30.0. The highest BCUT2D eigenvalue weighted by atomic mass is 32.2. The largest absolute Gasteiger partial charge is 0.285 e. The number of rotatable bonds is 5. The van der Waals surface area contributed by atoms with Crippen molar-refractivity contribution in [2.24, 2.45) is 0 Å². The molecule has 8 nitrogen and oxygen atoms in total. The SMILES string of the molecule is O=S(=O)(NCc1nnc2ccccn12)c1ccccc1-c1cncnc1. The molecule has 0 atom stereocenters. The van der Waals surface area contributed by atoms with Crippen LogP contribution in [0.5, 0.6) is 0 Å². The maximum absolute atomic E-state index is 12.8. The normalized spacial score (nSPS) is 11.7. The highest BCUT2D eigenvalue weighted by molar-refractivity contribution is 7.89. The van der Waals surface area contributed by atoms with Crippen molar-refractivity contribution in [1.82, 2.24) is 29.3 Å². The first-order chi connectivity index (χ1) is 12.6. The first-order valence-electron chi connectivity index (χ1n) is 7.78. The smallest absolute Gasteiger partial charge is 0.241 e. The van der Waals surface area contributed by atoms with Gasteiger partial charge in [-0.25, -0.2) is 23.1 Å². The third kappa shape index (κ3) is 3.05. The summed E-state index contributed by atoms with van der Waals surface area (Å²) in [6.45, 7) is 0.0210. The van der Waals surface area contributed by atoms with E-state index < -0.39 is 10.0 Å². The molecule has 0 unspecified atom stereocenters. The van der Waals surface area contributed by atoms with E-state index in [4.69, 9.17) is 0 Å². The first kappa shape index (κ1) is 16.3. The quantitative estimate of drug-likeness (QED) is 0.576. The molecule has 1 N–H and O–H groups in total. The van der Waals surface area contributed by atoms with Crippen LogP contribution >= 0.6 is 0 Å². The first-order valence-corrected chi connectivity index (χ1v) is 9.26. The van der Waals surface area contributed by atoms with Gasteiger partial charge in [-0.2, -0.15) is 0 Å². The Morgan fingerprint density at radius 3 is 2.58 bits per heavy atom. The summed E-state index contributed by atoms with van der Waals surface area (Å²) in [6.07, 6.45) is 6.34. The monoisotopic (exact) mass is 366 g/mol. The lowest BCUT2D eigenvalue weighted by Gasteiger charge is -2.11. The van der Waals surface area contributed by atoms with Gasteiger partial charge in [0, 0.05) is 29.7 Å². The zero-order valence-corrected chi connectivity index (χ0v) is 14.3. The molecular formula is C17H14N6O2S. The van der Waals surface area contributed by atoms with Crippen LogP contribution < -0.4 is 4.72 Å². The minimum atomic E-state index is -3.77. The van der Waals surface area contributed by atoms with Crippen molar-refractivity contribution in [3.63, 3.8) is 0 Å². The maximum Gasteiger partial charge on any atom is 0.241 e.